The van der Waals surface area contributed by atoms with E-state index in [0.29, 0.717) is 16.5 Å². The molecule has 1 atom stereocenters. The summed E-state index contributed by atoms with van der Waals surface area (Å²) in [5.74, 6) is -1.72. The summed E-state index contributed by atoms with van der Waals surface area (Å²) in [6, 6.07) is 8.63. The van der Waals surface area contributed by atoms with Crippen molar-refractivity contribution in [1.29, 1.82) is 0 Å². The number of carbonyl (C=O) groups is 1. The summed E-state index contributed by atoms with van der Waals surface area (Å²) in [6.07, 6.45) is 0. The number of carbonyl (C=O) groups excluding carboxylic acids is 1. The van der Waals surface area contributed by atoms with Crippen molar-refractivity contribution < 1.29 is 18.0 Å². The molecule has 1 unspecified atom stereocenters. The number of halogens is 3. The Balaban J connectivity index is 1.72. The first-order valence-electron chi connectivity index (χ1n) is 7.93. The average Bonchev–Trinajstić information content (AvgIpc) is 2.99. The summed E-state index contributed by atoms with van der Waals surface area (Å²) in [6.45, 7) is 1.61. The average molecular weight is 392 g/mol. The van der Waals surface area contributed by atoms with Crippen molar-refractivity contribution in [2.45, 2.75) is 17.3 Å². The molecule has 3 rings (SSSR count). The van der Waals surface area contributed by atoms with Crippen LogP contribution in [0, 0.1) is 17.5 Å². The molecule has 0 radical (unpaired) electrons. The third kappa shape index (κ3) is 4.30. The molecular weight excluding hydrogens is 377 g/mol. The molecule has 140 valence electrons. The number of hydrogen-bond donors (Lipinski definition) is 1. The number of anilines is 1. The van der Waals surface area contributed by atoms with Gasteiger partial charge in [-0.1, -0.05) is 11.8 Å². The van der Waals surface area contributed by atoms with E-state index in [4.69, 9.17) is 0 Å². The predicted octanol–water partition coefficient (Wildman–Crippen LogP) is 4.02. The van der Waals surface area contributed by atoms with Crippen molar-refractivity contribution >= 4 is 23.4 Å². The van der Waals surface area contributed by atoms with Crippen molar-refractivity contribution in [3.05, 3.63) is 59.9 Å². The molecule has 2 aromatic carbocycles. The largest absolute Gasteiger partial charge is 0.323 e. The van der Waals surface area contributed by atoms with E-state index in [1.807, 2.05) is 0 Å². The standard InChI is InChI=1S/C18H15F3N4OS/c1-10(17(26)22-15-9-13(20)7-8-14(15)21)27-18-24-23-16(25(18)2)11-3-5-12(19)6-4-11/h3-10H,1-2H3,(H,22,26). The summed E-state index contributed by atoms with van der Waals surface area (Å²) in [4.78, 5) is 12.3. The minimum Gasteiger partial charge on any atom is -0.323 e. The molecule has 0 saturated heterocycles. The number of nitrogens with one attached hydrogen (secondary N) is 1. The molecule has 0 aliphatic rings. The quantitative estimate of drug-likeness (QED) is 0.667. The summed E-state index contributed by atoms with van der Waals surface area (Å²) >= 11 is 1.11. The maximum Gasteiger partial charge on any atom is 0.237 e. The molecule has 9 heteroatoms. The zero-order chi connectivity index (χ0) is 19.6. The Morgan fingerprint density at radius 2 is 1.74 bits per heavy atom. The molecule has 0 fully saturated rings. The lowest BCUT2D eigenvalue weighted by molar-refractivity contribution is -0.115. The van der Waals surface area contributed by atoms with Gasteiger partial charge in [-0.15, -0.1) is 10.2 Å². The highest BCUT2D eigenvalue weighted by Crippen LogP contribution is 2.27. The maximum absolute atomic E-state index is 13.7. The van der Waals surface area contributed by atoms with E-state index in [0.717, 1.165) is 30.0 Å². The second-order valence-electron chi connectivity index (χ2n) is 5.75. The van der Waals surface area contributed by atoms with Crippen molar-refractivity contribution in [2.75, 3.05) is 5.32 Å². The van der Waals surface area contributed by atoms with Crippen LogP contribution < -0.4 is 5.32 Å². The topological polar surface area (TPSA) is 59.8 Å². The summed E-state index contributed by atoms with van der Waals surface area (Å²) in [5, 5.41) is 10.3. The van der Waals surface area contributed by atoms with Gasteiger partial charge in [-0.25, -0.2) is 13.2 Å². The molecule has 3 aromatic rings. The lowest BCUT2D eigenvalue weighted by Gasteiger charge is -2.12. The van der Waals surface area contributed by atoms with E-state index < -0.39 is 22.8 Å². The molecule has 27 heavy (non-hydrogen) atoms. The number of amides is 1. The van der Waals surface area contributed by atoms with Gasteiger partial charge in [-0.3, -0.25) is 4.79 Å². The second-order valence-corrected chi connectivity index (χ2v) is 7.05. The van der Waals surface area contributed by atoms with Crippen LogP contribution in [0.4, 0.5) is 18.9 Å². The van der Waals surface area contributed by atoms with Gasteiger partial charge >= 0.3 is 0 Å². The predicted molar refractivity (Wildman–Crippen MR) is 96.7 cm³/mol. The van der Waals surface area contributed by atoms with Crippen LogP contribution >= 0.6 is 11.8 Å². The van der Waals surface area contributed by atoms with Gasteiger partial charge in [0.15, 0.2) is 11.0 Å². The lowest BCUT2D eigenvalue weighted by atomic mass is 10.2. The van der Waals surface area contributed by atoms with Gasteiger partial charge in [0.05, 0.1) is 10.9 Å². The molecule has 1 amide bonds. The highest BCUT2D eigenvalue weighted by atomic mass is 32.2. The molecule has 0 aliphatic carbocycles. The third-order valence-corrected chi connectivity index (χ3v) is 4.91. The Hall–Kier alpha value is -2.81. The lowest BCUT2D eigenvalue weighted by Crippen LogP contribution is -2.23. The molecule has 0 saturated carbocycles. The molecule has 0 spiro atoms. The smallest absolute Gasteiger partial charge is 0.237 e. The monoisotopic (exact) mass is 392 g/mol. The first-order chi connectivity index (χ1) is 12.8. The van der Waals surface area contributed by atoms with Gasteiger partial charge in [0.1, 0.15) is 17.5 Å². The van der Waals surface area contributed by atoms with Gasteiger partial charge < -0.3 is 9.88 Å². The Labute approximate surface area is 157 Å². The van der Waals surface area contributed by atoms with Crippen LogP contribution in [0.25, 0.3) is 11.4 Å². The van der Waals surface area contributed by atoms with Gasteiger partial charge in [0.25, 0.3) is 0 Å². The number of aromatic nitrogens is 3. The van der Waals surface area contributed by atoms with Crippen LogP contribution in [0.15, 0.2) is 47.6 Å². The molecule has 1 N–H and O–H groups in total. The second kappa shape index (κ2) is 7.83. The zero-order valence-corrected chi connectivity index (χ0v) is 15.2. The van der Waals surface area contributed by atoms with Crippen LogP contribution in [0.3, 0.4) is 0 Å². The number of rotatable bonds is 5. The molecule has 0 bridgehead atoms. The van der Waals surface area contributed by atoms with E-state index in [2.05, 4.69) is 15.5 Å². The SMILES string of the molecule is CC(Sc1nnc(-c2ccc(F)cc2)n1C)C(=O)Nc1cc(F)ccc1F. The minimum atomic E-state index is -0.723. The Morgan fingerprint density at radius 1 is 1.07 bits per heavy atom. The molecule has 1 aromatic heterocycles. The fraction of sp³-hybridized carbons (Fsp3) is 0.167. The first-order valence-corrected chi connectivity index (χ1v) is 8.81. The number of benzene rings is 2. The normalized spacial score (nSPS) is 12.0. The van der Waals surface area contributed by atoms with E-state index in [1.54, 1.807) is 30.7 Å². The van der Waals surface area contributed by atoms with E-state index in [-0.39, 0.29) is 11.5 Å². The highest BCUT2D eigenvalue weighted by molar-refractivity contribution is 8.00. The van der Waals surface area contributed by atoms with Gasteiger partial charge in [-0.2, -0.15) is 0 Å². The highest BCUT2D eigenvalue weighted by Gasteiger charge is 2.20. The summed E-state index contributed by atoms with van der Waals surface area (Å²) in [7, 11) is 1.72. The summed E-state index contributed by atoms with van der Waals surface area (Å²) in [5.41, 5.74) is 0.453. The van der Waals surface area contributed by atoms with Crippen LogP contribution in [-0.2, 0) is 11.8 Å². The Kier molecular flexibility index (Phi) is 5.50. The molecule has 5 nitrogen and oxygen atoms in total. The third-order valence-electron chi connectivity index (χ3n) is 3.78. The molecule has 0 aliphatic heterocycles. The fourth-order valence-corrected chi connectivity index (χ4v) is 3.12. The number of nitrogens with zero attached hydrogens (tertiary/aromatic N) is 3. The Morgan fingerprint density at radius 3 is 2.44 bits per heavy atom. The number of thioether (sulfide) groups is 1. The zero-order valence-electron chi connectivity index (χ0n) is 14.4. The number of hydrogen-bond acceptors (Lipinski definition) is 4. The first kappa shape index (κ1) is 19.0. The Bertz CT molecular complexity index is 975. The van der Waals surface area contributed by atoms with Crippen LogP contribution in [0.1, 0.15) is 6.92 Å². The molecular formula is C18H15F3N4OS. The van der Waals surface area contributed by atoms with Crippen molar-refractivity contribution in [1.82, 2.24) is 14.8 Å². The van der Waals surface area contributed by atoms with Crippen molar-refractivity contribution in [3.63, 3.8) is 0 Å². The van der Waals surface area contributed by atoms with E-state index >= 15 is 0 Å². The van der Waals surface area contributed by atoms with Crippen LogP contribution in [0.2, 0.25) is 0 Å². The van der Waals surface area contributed by atoms with Crippen LogP contribution in [0.5, 0.6) is 0 Å². The van der Waals surface area contributed by atoms with E-state index in [1.165, 1.54) is 12.1 Å². The van der Waals surface area contributed by atoms with Crippen LogP contribution in [-0.4, -0.2) is 25.9 Å². The van der Waals surface area contributed by atoms with Gasteiger partial charge in [-0.05, 0) is 43.3 Å². The van der Waals surface area contributed by atoms with Crippen molar-refractivity contribution in [2.24, 2.45) is 7.05 Å². The van der Waals surface area contributed by atoms with E-state index in [9.17, 15) is 18.0 Å². The van der Waals surface area contributed by atoms with Crippen molar-refractivity contribution in [3.8, 4) is 11.4 Å². The fourth-order valence-electron chi connectivity index (χ4n) is 2.31. The maximum atomic E-state index is 13.7. The summed E-state index contributed by atoms with van der Waals surface area (Å²) < 4.78 is 41.6. The molecule has 1 heterocycles. The van der Waals surface area contributed by atoms with Gasteiger partial charge in [0.2, 0.25) is 5.91 Å². The minimum absolute atomic E-state index is 0.225. The van der Waals surface area contributed by atoms with Gasteiger partial charge in [0, 0.05) is 18.7 Å².